The Kier molecular flexibility index (Phi) is 2.74. The number of hydrogen-bond acceptors (Lipinski definition) is 3. The number of fused-ring (bicyclic) bond motifs is 3. The van der Waals surface area contributed by atoms with Crippen molar-refractivity contribution in [3.05, 3.63) is 29.5 Å². The lowest BCUT2D eigenvalue weighted by Gasteiger charge is -2.11. The Labute approximate surface area is 109 Å². The third-order valence-corrected chi connectivity index (χ3v) is 3.39. The average molecular weight is 258 g/mol. The number of rotatable bonds is 3. The predicted molar refractivity (Wildman–Crippen MR) is 72.2 cm³/mol. The van der Waals surface area contributed by atoms with Crippen LogP contribution in [0.25, 0.3) is 10.9 Å². The fourth-order valence-corrected chi connectivity index (χ4v) is 2.54. The van der Waals surface area contributed by atoms with Gasteiger partial charge in [0.05, 0.1) is 24.9 Å². The Morgan fingerprint density at radius 2 is 2.37 bits per heavy atom. The lowest BCUT2D eigenvalue weighted by Crippen LogP contribution is -2.16. The summed E-state index contributed by atoms with van der Waals surface area (Å²) in [5.41, 5.74) is 3.61. The van der Waals surface area contributed by atoms with E-state index in [1.807, 2.05) is 18.2 Å². The molecule has 98 valence electrons. The quantitative estimate of drug-likeness (QED) is 0.884. The Balaban J connectivity index is 2.13. The van der Waals surface area contributed by atoms with Crippen LogP contribution in [-0.4, -0.2) is 35.4 Å². The van der Waals surface area contributed by atoms with E-state index in [4.69, 9.17) is 9.84 Å². The number of methoxy groups -OCH3 is 1. The van der Waals surface area contributed by atoms with E-state index in [9.17, 15) is 4.79 Å². The number of aliphatic imine (C=N–C) groups is 1. The number of carboxylic acids is 1. The van der Waals surface area contributed by atoms with Crippen molar-refractivity contribution in [3.8, 4) is 5.75 Å². The monoisotopic (exact) mass is 258 g/mol. The van der Waals surface area contributed by atoms with Gasteiger partial charge in [0.2, 0.25) is 0 Å². The second kappa shape index (κ2) is 4.42. The molecule has 0 saturated carbocycles. The number of nitrogens with one attached hydrogen (secondary N) is 1. The van der Waals surface area contributed by atoms with Crippen molar-refractivity contribution in [3.63, 3.8) is 0 Å². The maximum Gasteiger partial charge on any atom is 0.309 e. The van der Waals surface area contributed by atoms with Crippen molar-refractivity contribution in [1.29, 1.82) is 0 Å². The molecule has 0 aliphatic carbocycles. The van der Waals surface area contributed by atoms with Crippen LogP contribution in [0.3, 0.4) is 0 Å². The molecule has 0 saturated heterocycles. The zero-order chi connectivity index (χ0) is 13.4. The molecule has 5 heteroatoms. The number of aromatic amines is 1. The molecule has 1 aliphatic heterocycles. The number of aliphatic carboxylic acids is 1. The average Bonchev–Trinajstić information content (AvgIpc) is 2.77. The van der Waals surface area contributed by atoms with Crippen LogP contribution in [0.1, 0.15) is 17.7 Å². The van der Waals surface area contributed by atoms with Gasteiger partial charge in [0.25, 0.3) is 0 Å². The first kappa shape index (κ1) is 11.8. The number of nitrogens with zero attached hydrogens (tertiary/aromatic N) is 1. The zero-order valence-electron chi connectivity index (χ0n) is 10.6. The molecule has 0 bridgehead atoms. The second-order valence-electron chi connectivity index (χ2n) is 4.54. The molecule has 3 rings (SSSR count). The number of H-pyrrole nitrogens is 1. The van der Waals surface area contributed by atoms with Crippen molar-refractivity contribution in [2.45, 2.75) is 12.8 Å². The van der Waals surface area contributed by atoms with Crippen LogP contribution in [0.15, 0.2) is 23.2 Å². The summed E-state index contributed by atoms with van der Waals surface area (Å²) in [5, 5.41) is 10.1. The normalized spacial score (nSPS) is 14.1. The lowest BCUT2D eigenvalue weighted by atomic mass is 10.0. The first-order valence-electron chi connectivity index (χ1n) is 6.13. The minimum atomic E-state index is -0.858. The molecule has 2 heterocycles. The molecular formula is C14H14N2O3. The molecule has 0 unspecified atom stereocenters. The summed E-state index contributed by atoms with van der Waals surface area (Å²) in [6.07, 6.45) is 0.793. The molecule has 19 heavy (non-hydrogen) atoms. The van der Waals surface area contributed by atoms with Gasteiger partial charge in [-0.1, -0.05) is 0 Å². The van der Waals surface area contributed by atoms with Crippen LogP contribution in [-0.2, 0) is 11.2 Å². The number of hydrogen-bond donors (Lipinski definition) is 2. The van der Waals surface area contributed by atoms with Gasteiger partial charge in [-0.3, -0.25) is 9.79 Å². The topological polar surface area (TPSA) is 74.7 Å². The second-order valence-corrected chi connectivity index (χ2v) is 4.54. The van der Waals surface area contributed by atoms with Crippen LogP contribution >= 0.6 is 0 Å². The molecule has 0 fully saturated rings. The fourth-order valence-electron chi connectivity index (χ4n) is 2.54. The molecular weight excluding hydrogens is 244 g/mol. The standard InChI is InChI=1S/C14H14N2O3/c1-19-8-2-3-9-10-4-5-15-12(7-13(17)18)14(10)16-11(9)6-8/h2-3,6,16H,4-5,7H2,1H3,(H,17,18). The molecule has 2 aromatic rings. The van der Waals surface area contributed by atoms with Crippen molar-refractivity contribution in [2.24, 2.45) is 4.99 Å². The minimum Gasteiger partial charge on any atom is -0.497 e. The molecule has 0 atom stereocenters. The number of benzene rings is 1. The highest BCUT2D eigenvalue weighted by Crippen LogP contribution is 2.29. The smallest absolute Gasteiger partial charge is 0.309 e. The Bertz CT molecular complexity index is 685. The summed E-state index contributed by atoms with van der Waals surface area (Å²) in [4.78, 5) is 18.5. The molecule has 1 aliphatic rings. The summed E-state index contributed by atoms with van der Waals surface area (Å²) in [6, 6.07) is 5.85. The van der Waals surface area contributed by atoms with Crippen LogP contribution < -0.4 is 4.74 Å². The summed E-state index contributed by atoms with van der Waals surface area (Å²) >= 11 is 0. The van der Waals surface area contributed by atoms with Gasteiger partial charge >= 0.3 is 5.97 Å². The van der Waals surface area contributed by atoms with Crippen LogP contribution in [0.5, 0.6) is 5.75 Å². The van der Waals surface area contributed by atoms with Gasteiger partial charge in [-0.05, 0) is 24.1 Å². The summed E-state index contributed by atoms with van der Waals surface area (Å²) < 4.78 is 5.20. The molecule has 5 nitrogen and oxygen atoms in total. The summed E-state index contributed by atoms with van der Waals surface area (Å²) in [6.45, 7) is 0.647. The van der Waals surface area contributed by atoms with Gasteiger partial charge in [0, 0.05) is 23.5 Å². The number of aromatic nitrogens is 1. The van der Waals surface area contributed by atoms with E-state index in [-0.39, 0.29) is 6.42 Å². The van der Waals surface area contributed by atoms with Gasteiger partial charge in [-0.2, -0.15) is 0 Å². The number of ether oxygens (including phenoxy) is 1. The first-order chi connectivity index (χ1) is 9.19. The number of carboxylic acid groups (broad SMARTS) is 1. The molecule has 0 amide bonds. The van der Waals surface area contributed by atoms with Gasteiger partial charge < -0.3 is 14.8 Å². The maximum atomic E-state index is 10.9. The minimum absolute atomic E-state index is 0.0447. The van der Waals surface area contributed by atoms with Gasteiger partial charge in [-0.25, -0.2) is 0 Å². The molecule has 0 spiro atoms. The van der Waals surface area contributed by atoms with Gasteiger partial charge in [0.1, 0.15) is 5.75 Å². The first-order valence-corrected chi connectivity index (χ1v) is 6.13. The van der Waals surface area contributed by atoms with Crippen LogP contribution in [0.4, 0.5) is 0 Å². The van der Waals surface area contributed by atoms with E-state index >= 15 is 0 Å². The van der Waals surface area contributed by atoms with Crippen molar-refractivity contribution in [1.82, 2.24) is 4.98 Å². The van der Waals surface area contributed by atoms with E-state index in [0.29, 0.717) is 12.3 Å². The molecule has 0 radical (unpaired) electrons. The maximum absolute atomic E-state index is 10.9. The van der Waals surface area contributed by atoms with Gasteiger partial charge in [-0.15, -0.1) is 0 Å². The predicted octanol–water partition coefficient (Wildman–Crippen LogP) is 2.00. The molecule has 2 N–H and O–H groups in total. The van der Waals surface area contributed by atoms with E-state index in [1.54, 1.807) is 7.11 Å². The van der Waals surface area contributed by atoms with Crippen LogP contribution in [0, 0.1) is 0 Å². The Hall–Kier alpha value is -2.30. The van der Waals surface area contributed by atoms with Crippen LogP contribution in [0.2, 0.25) is 0 Å². The van der Waals surface area contributed by atoms with E-state index in [0.717, 1.165) is 34.3 Å². The van der Waals surface area contributed by atoms with E-state index in [2.05, 4.69) is 9.98 Å². The zero-order valence-corrected chi connectivity index (χ0v) is 10.6. The number of carbonyl (C=O) groups is 1. The molecule has 1 aromatic carbocycles. The third-order valence-electron chi connectivity index (χ3n) is 3.39. The fraction of sp³-hybridized carbons (Fsp3) is 0.286. The summed E-state index contributed by atoms with van der Waals surface area (Å²) in [7, 11) is 1.63. The van der Waals surface area contributed by atoms with Crippen molar-refractivity contribution < 1.29 is 14.6 Å². The van der Waals surface area contributed by atoms with E-state index in [1.165, 1.54) is 0 Å². The van der Waals surface area contributed by atoms with Gasteiger partial charge in [0.15, 0.2) is 0 Å². The third kappa shape index (κ3) is 1.97. The Morgan fingerprint density at radius 3 is 3.11 bits per heavy atom. The highest BCUT2D eigenvalue weighted by atomic mass is 16.5. The SMILES string of the molecule is COc1ccc2c3c([nH]c2c1)C(CC(=O)O)=NCC3. The van der Waals surface area contributed by atoms with Crippen molar-refractivity contribution in [2.75, 3.05) is 13.7 Å². The Morgan fingerprint density at radius 1 is 1.53 bits per heavy atom. The summed E-state index contributed by atoms with van der Waals surface area (Å²) in [5.74, 6) is -0.0781. The largest absolute Gasteiger partial charge is 0.497 e. The highest BCUT2D eigenvalue weighted by molar-refractivity contribution is 6.12. The van der Waals surface area contributed by atoms with Crippen molar-refractivity contribution >= 4 is 22.6 Å². The lowest BCUT2D eigenvalue weighted by molar-refractivity contribution is -0.135. The highest BCUT2D eigenvalue weighted by Gasteiger charge is 2.21. The molecule has 1 aromatic heterocycles. The van der Waals surface area contributed by atoms with E-state index < -0.39 is 5.97 Å².